The number of anilines is 1. The highest BCUT2D eigenvalue weighted by Gasteiger charge is 2.29. The molecular formula is C23H17Cl2N3O2. The third-order valence-corrected chi connectivity index (χ3v) is 5.35. The lowest BCUT2D eigenvalue weighted by atomic mass is 9.90. The van der Waals surface area contributed by atoms with Crippen molar-refractivity contribution in [1.82, 2.24) is 5.32 Å². The summed E-state index contributed by atoms with van der Waals surface area (Å²) in [5.41, 5.74) is 2.48. The lowest BCUT2D eigenvalue weighted by Crippen LogP contribution is -2.46. The number of amides is 2. The Kier molecular flexibility index (Phi) is 5.84. The van der Waals surface area contributed by atoms with Crippen LogP contribution >= 0.6 is 23.2 Å². The molecule has 0 bridgehead atoms. The van der Waals surface area contributed by atoms with Crippen LogP contribution in [0.5, 0.6) is 0 Å². The van der Waals surface area contributed by atoms with Crippen LogP contribution in [0.3, 0.4) is 0 Å². The minimum Gasteiger partial charge on any atom is -0.339 e. The first-order valence-electron chi connectivity index (χ1n) is 9.27. The van der Waals surface area contributed by atoms with E-state index >= 15 is 0 Å². The van der Waals surface area contributed by atoms with Crippen LogP contribution in [-0.2, 0) is 9.59 Å². The van der Waals surface area contributed by atoms with E-state index in [9.17, 15) is 9.59 Å². The van der Waals surface area contributed by atoms with Gasteiger partial charge in [0.05, 0.1) is 17.3 Å². The van der Waals surface area contributed by atoms with Crippen LogP contribution in [0.1, 0.15) is 17.0 Å². The van der Waals surface area contributed by atoms with Gasteiger partial charge < -0.3 is 10.6 Å². The van der Waals surface area contributed by atoms with E-state index in [1.165, 1.54) is 6.21 Å². The van der Waals surface area contributed by atoms with Crippen molar-refractivity contribution in [3.63, 3.8) is 0 Å². The number of fused-ring (bicyclic) bond motifs is 1. The van der Waals surface area contributed by atoms with Crippen LogP contribution < -0.4 is 10.6 Å². The summed E-state index contributed by atoms with van der Waals surface area (Å²) in [6.45, 7) is 0. The second-order valence-corrected chi connectivity index (χ2v) is 7.62. The lowest BCUT2D eigenvalue weighted by Gasteiger charge is -2.21. The molecule has 3 aromatic rings. The van der Waals surface area contributed by atoms with E-state index < -0.39 is 17.9 Å². The summed E-state index contributed by atoms with van der Waals surface area (Å²) in [5.74, 6) is -1.44. The monoisotopic (exact) mass is 437 g/mol. The van der Waals surface area contributed by atoms with Gasteiger partial charge in [-0.25, -0.2) is 0 Å². The first-order valence-corrected chi connectivity index (χ1v) is 10.0. The van der Waals surface area contributed by atoms with Gasteiger partial charge in [0, 0.05) is 16.3 Å². The van der Waals surface area contributed by atoms with Crippen molar-refractivity contribution in [1.29, 1.82) is 0 Å². The maximum absolute atomic E-state index is 13.3. The SMILES string of the molecule is O=C(N[C@@H]1C=Nc2ccc(Cl)cc2NC1=O)[C@H](c1ccccc1)c1ccccc1Cl. The minimum atomic E-state index is -0.947. The molecule has 5 nitrogen and oxygen atoms in total. The molecule has 0 radical (unpaired) electrons. The van der Waals surface area contributed by atoms with Gasteiger partial charge in [-0.15, -0.1) is 0 Å². The zero-order chi connectivity index (χ0) is 21.1. The van der Waals surface area contributed by atoms with E-state index in [0.29, 0.717) is 27.0 Å². The number of rotatable bonds is 4. The molecule has 0 aromatic heterocycles. The van der Waals surface area contributed by atoms with E-state index in [2.05, 4.69) is 15.6 Å². The largest absolute Gasteiger partial charge is 0.339 e. The average Bonchev–Trinajstić information content (AvgIpc) is 2.89. The van der Waals surface area contributed by atoms with Crippen LogP contribution in [0, 0.1) is 0 Å². The van der Waals surface area contributed by atoms with Gasteiger partial charge in [-0.2, -0.15) is 0 Å². The number of aliphatic imine (C=N–C) groups is 1. The number of carbonyl (C=O) groups is 2. The molecule has 0 saturated carbocycles. The van der Waals surface area contributed by atoms with Gasteiger partial charge in [0.15, 0.2) is 0 Å². The van der Waals surface area contributed by atoms with E-state index in [0.717, 1.165) is 5.56 Å². The first-order chi connectivity index (χ1) is 14.5. The molecule has 2 N–H and O–H groups in total. The predicted octanol–water partition coefficient (Wildman–Crippen LogP) is 4.96. The molecule has 1 aliphatic heterocycles. The normalized spacial score (nSPS) is 16.2. The summed E-state index contributed by atoms with van der Waals surface area (Å²) in [6, 6.07) is 20.5. The van der Waals surface area contributed by atoms with Gasteiger partial charge >= 0.3 is 0 Å². The molecular weight excluding hydrogens is 421 g/mol. The fraction of sp³-hybridized carbons (Fsp3) is 0.0870. The molecule has 0 aliphatic carbocycles. The fourth-order valence-electron chi connectivity index (χ4n) is 3.32. The van der Waals surface area contributed by atoms with E-state index in [-0.39, 0.29) is 5.91 Å². The van der Waals surface area contributed by atoms with Crippen LogP contribution in [0.4, 0.5) is 11.4 Å². The first kappa shape index (κ1) is 20.1. The fourth-order valence-corrected chi connectivity index (χ4v) is 3.74. The van der Waals surface area contributed by atoms with Crippen molar-refractivity contribution in [2.24, 2.45) is 4.99 Å². The van der Waals surface area contributed by atoms with E-state index in [1.54, 1.807) is 36.4 Å². The highest BCUT2D eigenvalue weighted by molar-refractivity contribution is 6.32. The van der Waals surface area contributed by atoms with E-state index in [1.807, 2.05) is 36.4 Å². The van der Waals surface area contributed by atoms with Gasteiger partial charge in [0.1, 0.15) is 6.04 Å². The molecule has 1 aliphatic rings. The van der Waals surface area contributed by atoms with E-state index in [4.69, 9.17) is 23.2 Å². The third-order valence-electron chi connectivity index (χ3n) is 4.77. The topological polar surface area (TPSA) is 70.6 Å². The highest BCUT2D eigenvalue weighted by atomic mass is 35.5. The Morgan fingerprint density at radius 2 is 1.73 bits per heavy atom. The van der Waals surface area contributed by atoms with Gasteiger partial charge in [-0.1, -0.05) is 71.7 Å². The molecule has 0 fully saturated rings. The lowest BCUT2D eigenvalue weighted by molar-refractivity contribution is -0.125. The van der Waals surface area contributed by atoms with Gasteiger partial charge in [-0.05, 0) is 35.4 Å². The summed E-state index contributed by atoms with van der Waals surface area (Å²) in [7, 11) is 0. The zero-order valence-electron chi connectivity index (χ0n) is 15.7. The Labute approximate surface area is 183 Å². The summed E-state index contributed by atoms with van der Waals surface area (Å²) < 4.78 is 0. The van der Waals surface area contributed by atoms with Crippen LogP contribution in [-0.4, -0.2) is 24.1 Å². The Morgan fingerprint density at radius 3 is 2.50 bits per heavy atom. The summed E-state index contributed by atoms with van der Waals surface area (Å²) in [6.07, 6.45) is 1.42. The van der Waals surface area contributed by atoms with Crippen molar-refractivity contribution < 1.29 is 9.59 Å². The molecule has 0 unspecified atom stereocenters. The van der Waals surface area contributed by atoms with Gasteiger partial charge in [0.25, 0.3) is 5.91 Å². The van der Waals surface area contributed by atoms with Crippen molar-refractivity contribution >= 4 is 52.6 Å². The van der Waals surface area contributed by atoms with Crippen molar-refractivity contribution in [3.05, 3.63) is 94.0 Å². The van der Waals surface area contributed by atoms with Crippen molar-refractivity contribution in [2.75, 3.05) is 5.32 Å². The molecule has 30 heavy (non-hydrogen) atoms. The maximum Gasteiger partial charge on any atom is 0.252 e. The van der Waals surface area contributed by atoms with Crippen LogP contribution in [0.25, 0.3) is 0 Å². The summed E-state index contributed by atoms with van der Waals surface area (Å²) >= 11 is 12.4. The molecule has 4 rings (SSSR count). The van der Waals surface area contributed by atoms with Crippen molar-refractivity contribution in [2.45, 2.75) is 12.0 Å². The number of carbonyl (C=O) groups excluding carboxylic acids is 2. The zero-order valence-corrected chi connectivity index (χ0v) is 17.2. The van der Waals surface area contributed by atoms with Crippen LogP contribution in [0.2, 0.25) is 10.0 Å². The molecule has 7 heteroatoms. The summed E-state index contributed by atoms with van der Waals surface area (Å²) in [4.78, 5) is 30.3. The third kappa shape index (κ3) is 4.22. The molecule has 3 aromatic carbocycles. The summed E-state index contributed by atoms with van der Waals surface area (Å²) in [5, 5.41) is 6.51. The average molecular weight is 438 g/mol. The second-order valence-electron chi connectivity index (χ2n) is 6.78. The molecule has 0 saturated heterocycles. The number of nitrogens with zero attached hydrogens (tertiary/aromatic N) is 1. The molecule has 2 atom stereocenters. The minimum absolute atomic E-state index is 0.357. The molecule has 2 amide bonds. The number of hydrogen-bond acceptors (Lipinski definition) is 3. The predicted molar refractivity (Wildman–Crippen MR) is 120 cm³/mol. The number of halogens is 2. The number of hydrogen-bond donors (Lipinski definition) is 2. The van der Waals surface area contributed by atoms with Gasteiger partial charge in [-0.3, -0.25) is 14.6 Å². The molecule has 150 valence electrons. The van der Waals surface area contributed by atoms with Crippen LogP contribution in [0.15, 0.2) is 77.8 Å². The van der Waals surface area contributed by atoms with Gasteiger partial charge in [0.2, 0.25) is 5.91 Å². The standard InChI is InChI=1S/C23H17Cl2N3O2/c24-15-10-11-18-19(12-15)27-22(29)20(13-26-18)28-23(30)21(14-6-2-1-3-7-14)16-8-4-5-9-17(16)25/h1-13,20-21H,(H,27,29)(H,28,30)/t20-,21-/m1/s1. The second kappa shape index (κ2) is 8.69. The Bertz CT molecular complexity index is 1130. The number of nitrogens with one attached hydrogen (secondary N) is 2. The number of benzene rings is 3. The quantitative estimate of drug-likeness (QED) is 0.604. The molecule has 1 heterocycles. The Morgan fingerprint density at radius 1 is 1.00 bits per heavy atom. The highest BCUT2D eigenvalue weighted by Crippen LogP contribution is 2.32. The Balaban J connectivity index is 1.63. The Hall–Kier alpha value is -3.15. The molecule has 0 spiro atoms. The van der Waals surface area contributed by atoms with Crippen molar-refractivity contribution in [3.8, 4) is 0 Å². The smallest absolute Gasteiger partial charge is 0.252 e. The maximum atomic E-state index is 13.3.